The van der Waals surface area contributed by atoms with E-state index in [0.717, 1.165) is 21.5 Å². The van der Waals surface area contributed by atoms with Crippen LogP contribution in [0.3, 0.4) is 0 Å². The second-order valence-corrected chi connectivity index (χ2v) is 8.78. The molecule has 0 atom stereocenters. The van der Waals surface area contributed by atoms with E-state index in [2.05, 4.69) is 10.3 Å². The van der Waals surface area contributed by atoms with Crippen molar-refractivity contribution in [1.29, 1.82) is 0 Å². The quantitative estimate of drug-likeness (QED) is 0.425. The van der Waals surface area contributed by atoms with Crippen LogP contribution in [0.1, 0.15) is 0 Å². The molecule has 0 radical (unpaired) electrons. The molecule has 3 aromatic heterocycles. The van der Waals surface area contributed by atoms with Gasteiger partial charge >= 0.3 is 0 Å². The number of nitrogens with one attached hydrogen (secondary N) is 1. The molecule has 9 heteroatoms. The zero-order valence-corrected chi connectivity index (χ0v) is 18.7. The monoisotopic (exact) mass is 470 g/mol. The van der Waals surface area contributed by atoms with Crippen molar-refractivity contribution in [3.05, 3.63) is 77.3 Å². The molecule has 8 nitrogen and oxygen atoms in total. The maximum absolute atomic E-state index is 13.1. The third kappa shape index (κ3) is 3.65. The summed E-state index contributed by atoms with van der Waals surface area (Å²) in [5.41, 5.74) is 2.73. The zero-order chi connectivity index (χ0) is 23.1. The lowest BCUT2D eigenvalue weighted by Crippen LogP contribution is -2.27. The molecular weight excluding hydrogens is 452 g/mol. The number of anilines is 1. The van der Waals surface area contributed by atoms with E-state index in [1.807, 2.05) is 42.5 Å². The average Bonchev–Trinajstić information content (AvgIpc) is 3.25. The summed E-state index contributed by atoms with van der Waals surface area (Å²) in [4.78, 5) is 35.7. The fourth-order valence-corrected chi connectivity index (χ4v) is 4.98. The Labute approximate surface area is 197 Å². The molecule has 6 rings (SSSR count). The van der Waals surface area contributed by atoms with Gasteiger partial charge in [-0.3, -0.25) is 14.2 Å². The van der Waals surface area contributed by atoms with E-state index in [9.17, 15) is 9.59 Å². The van der Waals surface area contributed by atoms with Gasteiger partial charge in [0.1, 0.15) is 29.3 Å². The highest BCUT2D eigenvalue weighted by molar-refractivity contribution is 7.25. The highest BCUT2D eigenvalue weighted by Crippen LogP contribution is 2.33. The highest BCUT2D eigenvalue weighted by Gasteiger charge is 2.16. The van der Waals surface area contributed by atoms with E-state index in [4.69, 9.17) is 14.5 Å². The second-order valence-electron chi connectivity index (χ2n) is 7.78. The van der Waals surface area contributed by atoms with Crippen molar-refractivity contribution < 1.29 is 14.3 Å². The minimum Gasteiger partial charge on any atom is -0.486 e. The van der Waals surface area contributed by atoms with Gasteiger partial charge in [0.2, 0.25) is 5.91 Å². The maximum atomic E-state index is 13.1. The van der Waals surface area contributed by atoms with Crippen LogP contribution in [0, 0.1) is 0 Å². The van der Waals surface area contributed by atoms with Crippen LogP contribution in [0.15, 0.2) is 71.8 Å². The summed E-state index contributed by atoms with van der Waals surface area (Å²) in [6.07, 6.45) is 1.41. The molecule has 0 saturated carbocycles. The number of nitrogens with zero attached hydrogens (tertiary/aromatic N) is 3. The van der Waals surface area contributed by atoms with Crippen LogP contribution >= 0.6 is 11.3 Å². The van der Waals surface area contributed by atoms with Gasteiger partial charge in [-0.15, -0.1) is 11.3 Å². The molecule has 5 aromatic rings. The van der Waals surface area contributed by atoms with Crippen LogP contribution in [0.5, 0.6) is 11.5 Å². The largest absolute Gasteiger partial charge is 0.486 e. The Kier molecular flexibility index (Phi) is 4.96. The lowest BCUT2D eigenvalue weighted by atomic mass is 10.1. The van der Waals surface area contributed by atoms with Crippen molar-refractivity contribution in [2.45, 2.75) is 6.54 Å². The number of ether oxygens (including phenoxy) is 2. The number of carbonyl (C=O) groups is 1. The molecule has 0 fully saturated rings. The first-order valence-electron chi connectivity index (χ1n) is 10.7. The second kappa shape index (κ2) is 8.27. The summed E-state index contributed by atoms with van der Waals surface area (Å²) in [5, 5.41) is 3.62. The number of carbonyl (C=O) groups excluding carboxylic acids is 1. The van der Waals surface area contributed by atoms with Crippen molar-refractivity contribution in [3.63, 3.8) is 0 Å². The first kappa shape index (κ1) is 20.4. The van der Waals surface area contributed by atoms with E-state index in [-0.39, 0.29) is 18.0 Å². The third-order valence-corrected chi connectivity index (χ3v) is 6.60. The fourth-order valence-electron chi connectivity index (χ4n) is 3.91. The number of hydrogen-bond donors (Lipinski definition) is 1. The standard InChI is InChI=1S/C25H18N4O4S/c30-21(27-16-6-9-19-20(12-16)33-11-10-32-19)13-29-14-26-22-17-7-8-18(15-4-2-1-3-5-15)28-24(17)34-23(22)25(29)31/h1-9,12,14H,10-11,13H2,(H,27,30). The molecular formula is C25H18N4O4S. The molecule has 34 heavy (non-hydrogen) atoms. The van der Waals surface area contributed by atoms with Crippen molar-refractivity contribution in [1.82, 2.24) is 14.5 Å². The van der Waals surface area contributed by atoms with Gasteiger partial charge in [-0.25, -0.2) is 9.97 Å². The van der Waals surface area contributed by atoms with Gasteiger partial charge in [0.05, 0.1) is 17.5 Å². The number of hydrogen-bond acceptors (Lipinski definition) is 7. The number of thiophene rings is 1. The number of rotatable bonds is 4. The van der Waals surface area contributed by atoms with Crippen LogP contribution in [0.4, 0.5) is 5.69 Å². The normalized spacial score (nSPS) is 12.7. The summed E-state index contributed by atoms with van der Waals surface area (Å²) in [5.74, 6) is 0.881. The number of aromatic nitrogens is 3. The molecule has 0 unspecified atom stereocenters. The third-order valence-electron chi connectivity index (χ3n) is 5.52. The highest BCUT2D eigenvalue weighted by atomic mass is 32.1. The Bertz CT molecular complexity index is 1610. The fraction of sp³-hybridized carbons (Fsp3) is 0.120. The number of benzene rings is 2. The van der Waals surface area contributed by atoms with Crippen molar-refractivity contribution in [3.8, 4) is 22.8 Å². The average molecular weight is 471 g/mol. The molecule has 4 heterocycles. The summed E-state index contributed by atoms with van der Waals surface area (Å²) < 4.78 is 12.8. The number of amides is 1. The predicted molar refractivity (Wildman–Crippen MR) is 131 cm³/mol. The van der Waals surface area contributed by atoms with Crippen LogP contribution in [-0.2, 0) is 11.3 Å². The lowest BCUT2D eigenvalue weighted by Gasteiger charge is -2.19. The van der Waals surface area contributed by atoms with E-state index < -0.39 is 0 Å². The van der Waals surface area contributed by atoms with Gasteiger partial charge in [0.25, 0.3) is 5.56 Å². The Balaban J connectivity index is 1.28. The minimum atomic E-state index is -0.342. The Morgan fingerprint density at radius 2 is 1.85 bits per heavy atom. The van der Waals surface area contributed by atoms with Crippen LogP contribution < -0.4 is 20.3 Å². The zero-order valence-electron chi connectivity index (χ0n) is 17.9. The molecule has 168 valence electrons. The smallest absolute Gasteiger partial charge is 0.271 e. The lowest BCUT2D eigenvalue weighted by molar-refractivity contribution is -0.116. The predicted octanol–water partition coefficient (Wildman–Crippen LogP) is 4.08. The first-order valence-corrected chi connectivity index (χ1v) is 11.5. The summed E-state index contributed by atoms with van der Waals surface area (Å²) >= 11 is 1.29. The molecule has 2 aromatic carbocycles. The molecule has 1 N–H and O–H groups in total. The van der Waals surface area contributed by atoms with Gasteiger partial charge < -0.3 is 14.8 Å². The van der Waals surface area contributed by atoms with Crippen LogP contribution in [-0.4, -0.2) is 33.7 Å². The van der Waals surface area contributed by atoms with Crippen molar-refractivity contribution in [2.75, 3.05) is 18.5 Å². The molecule has 0 bridgehead atoms. The summed E-state index contributed by atoms with van der Waals surface area (Å²) in [6, 6.07) is 18.9. The van der Waals surface area contributed by atoms with Crippen molar-refractivity contribution in [2.24, 2.45) is 0 Å². The Hall–Kier alpha value is -4.24. The van der Waals surface area contributed by atoms with Gasteiger partial charge in [-0.05, 0) is 24.3 Å². The Morgan fingerprint density at radius 1 is 1.03 bits per heavy atom. The van der Waals surface area contributed by atoms with Gasteiger partial charge in [-0.2, -0.15) is 0 Å². The maximum Gasteiger partial charge on any atom is 0.271 e. The van der Waals surface area contributed by atoms with Crippen LogP contribution in [0.2, 0.25) is 0 Å². The molecule has 0 saturated heterocycles. The van der Waals surface area contributed by atoms with E-state index in [0.29, 0.717) is 40.6 Å². The van der Waals surface area contributed by atoms with Crippen LogP contribution in [0.25, 0.3) is 31.7 Å². The number of fused-ring (bicyclic) bond motifs is 4. The summed E-state index contributed by atoms with van der Waals surface area (Å²) in [7, 11) is 0. The van der Waals surface area contributed by atoms with E-state index in [1.54, 1.807) is 18.2 Å². The molecule has 1 amide bonds. The van der Waals surface area contributed by atoms with Gasteiger partial charge in [-0.1, -0.05) is 30.3 Å². The van der Waals surface area contributed by atoms with E-state index >= 15 is 0 Å². The van der Waals surface area contributed by atoms with Crippen molar-refractivity contribution >= 4 is 43.4 Å². The molecule has 1 aliphatic heterocycles. The molecule has 1 aliphatic rings. The van der Waals surface area contributed by atoms with E-state index in [1.165, 1.54) is 22.2 Å². The minimum absolute atomic E-state index is 0.160. The molecule has 0 aliphatic carbocycles. The SMILES string of the molecule is O=C(Cn1cnc2c(sc3nc(-c4ccccc4)ccc32)c1=O)Nc1ccc2c(c1)OCCO2. The Morgan fingerprint density at radius 3 is 2.71 bits per heavy atom. The van der Waals surface area contributed by atoms with Gasteiger partial charge in [0, 0.05) is 22.7 Å². The first-order chi connectivity index (χ1) is 16.7. The number of pyridine rings is 1. The van der Waals surface area contributed by atoms with Gasteiger partial charge in [0.15, 0.2) is 11.5 Å². The topological polar surface area (TPSA) is 95.3 Å². The molecule has 0 spiro atoms. The summed E-state index contributed by atoms with van der Waals surface area (Å²) in [6.45, 7) is 0.799.